The molecule has 0 saturated carbocycles. The summed E-state index contributed by atoms with van der Waals surface area (Å²) in [6.07, 6.45) is 1.68. The number of nitrogens with two attached hydrogens (primary N) is 1. The van der Waals surface area contributed by atoms with Crippen LogP contribution < -0.4 is 11.1 Å². The Kier molecular flexibility index (Phi) is 5.47. The summed E-state index contributed by atoms with van der Waals surface area (Å²) in [5.41, 5.74) is 11.4. The van der Waals surface area contributed by atoms with Gasteiger partial charge in [-0.1, -0.05) is 48.5 Å². The van der Waals surface area contributed by atoms with Crippen LogP contribution in [0.15, 0.2) is 77.9 Å². The van der Waals surface area contributed by atoms with Crippen LogP contribution in [-0.2, 0) is 6.54 Å². The van der Waals surface area contributed by atoms with Crippen molar-refractivity contribution in [2.24, 2.45) is 5.10 Å². The third-order valence-electron chi connectivity index (χ3n) is 5.57. The molecule has 0 saturated heterocycles. The van der Waals surface area contributed by atoms with Crippen molar-refractivity contribution < 1.29 is 9.18 Å². The monoisotopic (exact) mass is 452 g/mol. The number of anilines is 1. The highest BCUT2D eigenvalue weighted by atomic mass is 19.1. The smallest absolute Gasteiger partial charge is 0.257 e. The number of rotatable bonds is 5. The average Bonchev–Trinajstić information content (AvgIpc) is 3.11. The maximum atomic E-state index is 13.2. The van der Waals surface area contributed by atoms with E-state index in [9.17, 15) is 9.18 Å². The van der Waals surface area contributed by atoms with Gasteiger partial charge in [-0.3, -0.25) is 4.79 Å². The van der Waals surface area contributed by atoms with Crippen molar-refractivity contribution in [2.45, 2.75) is 13.5 Å². The second-order valence-corrected chi connectivity index (χ2v) is 7.87. The number of hydrogen-bond acceptors (Lipinski definition) is 5. The van der Waals surface area contributed by atoms with Crippen LogP contribution in [0.2, 0.25) is 0 Å². The predicted octanol–water partition coefficient (Wildman–Crippen LogP) is 4.43. The number of para-hydroxylation sites is 2. The molecule has 34 heavy (non-hydrogen) atoms. The first-order valence-electron chi connectivity index (χ1n) is 10.7. The molecule has 0 atom stereocenters. The number of hydrogen-bond donors (Lipinski definition) is 2. The second-order valence-electron chi connectivity index (χ2n) is 7.87. The zero-order valence-electron chi connectivity index (χ0n) is 18.4. The van der Waals surface area contributed by atoms with Crippen LogP contribution in [0.4, 0.5) is 10.2 Å². The number of nitrogens with zero attached hydrogens (tertiary/aromatic N) is 4. The van der Waals surface area contributed by atoms with Gasteiger partial charge < -0.3 is 11.1 Å². The van der Waals surface area contributed by atoms with E-state index in [2.05, 4.69) is 20.4 Å². The van der Waals surface area contributed by atoms with E-state index in [0.717, 1.165) is 16.7 Å². The van der Waals surface area contributed by atoms with Crippen molar-refractivity contribution in [3.05, 3.63) is 101 Å². The Hall–Kier alpha value is -4.59. The van der Waals surface area contributed by atoms with Crippen molar-refractivity contribution in [1.29, 1.82) is 0 Å². The summed E-state index contributed by atoms with van der Waals surface area (Å²) in [6.45, 7) is 2.19. The SMILES string of the molecule is Cc1ccccc1/C=N/n1c(N)c(C(=O)NCc2ccc(F)cc2)c2nc3ccccc3nc21. The third kappa shape index (κ3) is 3.97. The van der Waals surface area contributed by atoms with Gasteiger partial charge in [-0.05, 0) is 47.9 Å². The Labute approximate surface area is 194 Å². The molecule has 5 rings (SSSR count). The number of halogens is 1. The van der Waals surface area contributed by atoms with Crippen molar-refractivity contribution in [1.82, 2.24) is 20.0 Å². The van der Waals surface area contributed by atoms with Crippen LogP contribution in [0, 0.1) is 12.7 Å². The highest BCUT2D eigenvalue weighted by Crippen LogP contribution is 2.28. The molecular formula is C26H21FN6O. The summed E-state index contributed by atoms with van der Waals surface area (Å²) in [4.78, 5) is 22.6. The summed E-state index contributed by atoms with van der Waals surface area (Å²) in [5.74, 6) is -0.621. The fourth-order valence-electron chi connectivity index (χ4n) is 3.71. The molecule has 5 aromatic rings. The normalized spacial score (nSPS) is 11.5. The van der Waals surface area contributed by atoms with Crippen molar-refractivity contribution >= 4 is 40.1 Å². The minimum absolute atomic E-state index is 0.131. The van der Waals surface area contributed by atoms with E-state index in [0.29, 0.717) is 22.2 Å². The fourth-order valence-corrected chi connectivity index (χ4v) is 3.71. The van der Waals surface area contributed by atoms with Gasteiger partial charge in [0.2, 0.25) is 0 Å². The Balaban J connectivity index is 1.59. The van der Waals surface area contributed by atoms with E-state index in [-0.39, 0.29) is 23.7 Å². The molecule has 0 unspecified atom stereocenters. The van der Waals surface area contributed by atoms with Crippen LogP contribution in [0.3, 0.4) is 0 Å². The minimum atomic E-state index is -0.416. The number of nitrogens with one attached hydrogen (secondary N) is 1. The molecule has 0 fully saturated rings. The van der Waals surface area contributed by atoms with Crippen LogP contribution in [-0.4, -0.2) is 26.8 Å². The van der Waals surface area contributed by atoms with Gasteiger partial charge in [0.15, 0.2) is 5.65 Å². The molecule has 0 bridgehead atoms. The molecule has 0 spiro atoms. The van der Waals surface area contributed by atoms with Gasteiger partial charge in [-0.15, -0.1) is 0 Å². The lowest BCUT2D eigenvalue weighted by Gasteiger charge is -2.06. The molecular weight excluding hydrogens is 431 g/mol. The van der Waals surface area contributed by atoms with Gasteiger partial charge in [0.25, 0.3) is 5.91 Å². The summed E-state index contributed by atoms with van der Waals surface area (Å²) < 4.78 is 14.6. The number of amides is 1. The number of carbonyl (C=O) groups is 1. The number of fused-ring (bicyclic) bond motifs is 2. The van der Waals surface area contributed by atoms with E-state index in [1.165, 1.54) is 16.8 Å². The molecule has 8 heteroatoms. The standard InChI is InChI=1S/C26H21FN6O/c1-16-6-2-3-7-18(16)15-30-33-24(28)22(26(34)29-14-17-10-12-19(27)13-11-17)23-25(33)32-21-9-5-4-8-20(21)31-23/h2-13,15H,14,28H2,1H3,(H,29,34)/b30-15+. The highest BCUT2D eigenvalue weighted by Gasteiger charge is 2.24. The molecule has 7 nitrogen and oxygen atoms in total. The van der Waals surface area contributed by atoms with Gasteiger partial charge >= 0.3 is 0 Å². The van der Waals surface area contributed by atoms with E-state index in [1.807, 2.05) is 55.5 Å². The highest BCUT2D eigenvalue weighted by molar-refractivity contribution is 6.10. The first kappa shape index (κ1) is 21.3. The topological polar surface area (TPSA) is 98.2 Å². The zero-order chi connectivity index (χ0) is 23.7. The van der Waals surface area contributed by atoms with E-state index in [4.69, 9.17) is 5.73 Å². The van der Waals surface area contributed by atoms with E-state index in [1.54, 1.807) is 18.3 Å². The lowest BCUT2D eigenvalue weighted by atomic mass is 10.1. The van der Waals surface area contributed by atoms with E-state index < -0.39 is 5.91 Å². The predicted molar refractivity (Wildman–Crippen MR) is 131 cm³/mol. The van der Waals surface area contributed by atoms with Crippen LogP contribution >= 0.6 is 0 Å². The lowest BCUT2D eigenvalue weighted by molar-refractivity contribution is 0.0953. The van der Waals surface area contributed by atoms with E-state index >= 15 is 0 Å². The quantitative estimate of drug-likeness (QED) is 0.386. The minimum Gasteiger partial charge on any atom is -0.383 e. The van der Waals surface area contributed by atoms with Gasteiger partial charge in [-0.2, -0.15) is 9.78 Å². The molecule has 168 valence electrons. The molecule has 2 heterocycles. The average molecular weight is 452 g/mol. The molecule has 3 aromatic carbocycles. The first-order valence-corrected chi connectivity index (χ1v) is 10.7. The van der Waals surface area contributed by atoms with Crippen molar-refractivity contribution in [3.63, 3.8) is 0 Å². The summed E-state index contributed by atoms with van der Waals surface area (Å²) in [6, 6.07) is 21.1. The molecule has 0 aliphatic rings. The Morgan fingerprint density at radius 2 is 1.71 bits per heavy atom. The molecule has 3 N–H and O–H groups in total. The van der Waals surface area contributed by atoms with Crippen LogP contribution in [0.1, 0.15) is 27.0 Å². The zero-order valence-corrected chi connectivity index (χ0v) is 18.4. The summed E-state index contributed by atoms with van der Waals surface area (Å²) in [5, 5.41) is 7.38. The first-order chi connectivity index (χ1) is 16.5. The maximum Gasteiger partial charge on any atom is 0.257 e. The molecule has 0 radical (unpaired) electrons. The Morgan fingerprint density at radius 1 is 1.03 bits per heavy atom. The van der Waals surface area contributed by atoms with Crippen LogP contribution in [0.5, 0.6) is 0 Å². The molecule has 1 amide bonds. The number of benzene rings is 3. The number of aryl methyl sites for hydroxylation is 1. The second kappa shape index (κ2) is 8.74. The number of nitrogen functional groups attached to an aromatic ring is 1. The fraction of sp³-hybridized carbons (Fsp3) is 0.0769. The lowest BCUT2D eigenvalue weighted by Crippen LogP contribution is -2.23. The maximum absolute atomic E-state index is 13.2. The molecule has 0 aliphatic heterocycles. The van der Waals surface area contributed by atoms with Crippen LogP contribution in [0.25, 0.3) is 22.2 Å². The molecule has 2 aromatic heterocycles. The Bertz CT molecular complexity index is 1560. The number of carbonyl (C=O) groups excluding carboxylic acids is 1. The molecule has 0 aliphatic carbocycles. The van der Waals surface area contributed by atoms with Gasteiger partial charge in [0.1, 0.15) is 22.7 Å². The van der Waals surface area contributed by atoms with Crippen molar-refractivity contribution in [2.75, 3.05) is 5.73 Å². The van der Waals surface area contributed by atoms with Gasteiger partial charge in [0.05, 0.1) is 17.2 Å². The van der Waals surface area contributed by atoms with Gasteiger partial charge in [0, 0.05) is 6.54 Å². The number of aromatic nitrogens is 3. The Morgan fingerprint density at radius 3 is 2.44 bits per heavy atom. The van der Waals surface area contributed by atoms with Crippen molar-refractivity contribution in [3.8, 4) is 0 Å². The summed E-state index contributed by atoms with van der Waals surface area (Å²) >= 11 is 0. The largest absolute Gasteiger partial charge is 0.383 e. The third-order valence-corrected chi connectivity index (χ3v) is 5.57. The summed E-state index contributed by atoms with van der Waals surface area (Å²) in [7, 11) is 0. The van der Waals surface area contributed by atoms with Gasteiger partial charge in [-0.25, -0.2) is 14.4 Å².